The van der Waals surface area contributed by atoms with Gasteiger partial charge in [-0.05, 0) is 66.9 Å². The number of rotatable bonds is 11. The van der Waals surface area contributed by atoms with Gasteiger partial charge in [0.25, 0.3) is 5.91 Å². The van der Waals surface area contributed by atoms with Gasteiger partial charge < -0.3 is 14.2 Å². The molecule has 0 spiro atoms. The number of carbonyl (C=O) groups is 1. The van der Waals surface area contributed by atoms with E-state index in [1.54, 1.807) is 12.1 Å². The van der Waals surface area contributed by atoms with Crippen LogP contribution < -0.4 is 19.1 Å². The number of carbonyl (C=O) groups excluding carboxylic acids is 1. The molecule has 1 aliphatic rings. The summed E-state index contributed by atoms with van der Waals surface area (Å²) in [5, 5.41) is 0.409. The number of thioether (sulfide) groups is 1. The van der Waals surface area contributed by atoms with Crippen LogP contribution in [0.25, 0.3) is 6.08 Å². The molecule has 4 rings (SSSR count). The minimum absolute atomic E-state index is 0.167. The van der Waals surface area contributed by atoms with Crippen LogP contribution in [-0.2, 0) is 11.2 Å². The first-order chi connectivity index (χ1) is 18.0. The van der Waals surface area contributed by atoms with E-state index < -0.39 is 0 Å². The molecule has 1 amide bonds. The summed E-state index contributed by atoms with van der Waals surface area (Å²) in [6.07, 6.45) is 3.46. The molecule has 0 atom stereocenters. The molecule has 0 radical (unpaired) electrons. The van der Waals surface area contributed by atoms with E-state index in [1.807, 2.05) is 55.5 Å². The first kappa shape index (κ1) is 27.0. The van der Waals surface area contributed by atoms with Crippen LogP contribution in [0.2, 0.25) is 5.02 Å². The third-order valence-corrected chi connectivity index (χ3v) is 7.16. The molecule has 192 valence electrons. The zero-order valence-electron chi connectivity index (χ0n) is 20.7. The van der Waals surface area contributed by atoms with Crippen molar-refractivity contribution in [2.24, 2.45) is 0 Å². The van der Waals surface area contributed by atoms with E-state index >= 15 is 0 Å². The van der Waals surface area contributed by atoms with Crippen LogP contribution in [0.15, 0.2) is 71.6 Å². The highest BCUT2D eigenvalue weighted by Gasteiger charge is 2.33. The lowest BCUT2D eigenvalue weighted by Gasteiger charge is -2.15. The summed E-state index contributed by atoms with van der Waals surface area (Å²) >= 11 is 13.3. The number of benzene rings is 3. The second-order valence-corrected chi connectivity index (χ2v) is 10.2. The molecule has 0 N–H and O–H groups in total. The first-order valence-corrected chi connectivity index (χ1v) is 13.7. The second-order valence-electron chi connectivity index (χ2n) is 8.16. The van der Waals surface area contributed by atoms with Gasteiger partial charge in [-0.3, -0.25) is 9.69 Å². The summed E-state index contributed by atoms with van der Waals surface area (Å²) in [7, 11) is 0. The van der Waals surface area contributed by atoms with E-state index in [2.05, 4.69) is 19.1 Å². The topological polar surface area (TPSA) is 48.0 Å². The van der Waals surface area contributed by atoms with Crippen LogP contribution in [0.3, 0.4) is 0 Å². The van der Waals surface area contributed by atoms with Gasteiger partial charge in [0.05, 0.1) is 35.4 Å². The van der Waals surface area contributed by atoms with Crippen molar-refractivity contribution in [3.05, 3.63) is 87.8 Å². The summed E-state index contributed by atoms with van der Waals surface area (Å²) in [6, 6.07) is 21.1. The van der Waals surface area contributed by atoms with Crippen molar-refractivity contribution in [3.63, 3.8) is 0 Å². The predicted molar refractivity (Wildman–Crippen MR) is 156 cm³/mol. The average Bonchev–Trinajstić information content (AvgIpc) is 3.18. The van der Waals surface area contributed by atoms with Gasteiger partial charge in [-0.1, -0.05) is 72.8 Å². The Morgan fingerprint density at radius 3 is 2.41 bits per heavy atom. The smallest absolute Gasteiger partial charge is 0.270 e. The highest BCUT2D eigenvalue weighted by Crippen LogP contribution is 2.40. The van der Waals surface area contributed by atoms with Crippen molar-refractivity contribution >= 4 is 57.6 Å². The molecule has 3 aromatic carbocycles. The predicted octanol–water partition coefficient (Wildman–Crippen LogP) is 7.55. The quantitative estimate of drug-likeness (QED) is 0.139. The monoisotopic (exact) mass is 553 g/mol. The number of anilines is 1. The molecule has 3 aromatic rings. The Bertz CT molecular complexity index is 1280. The van der Waals surface area contributed by atoms with Gasteiger partial charge in [0.15, 0.2) is 15.8 Å². The Labute approximate surface area is 232 Å². The molecule has 0 unspecified atom stereocenters. The summed E-state index contributed by atoms with van der Waals surface area (Å²) < 4.78 is 18.1. The molecule has 5 nitrogen and oxygen atoms in total. The van der Waals surface area contributed by atoms with E-state index in [1.165, 1.54) is 22.2 Å². The van der Waals surface area contributed by atoms with Crippen molar-refractivity contribution < 1.29 is 19.0 Å². The summed E-state index contributed by atoms with van der Waals surface area (Å²) in [5.74, 6) is 1.67. The fraction of sp³-hybridized carbons (Fsp3) is 0.241. The molecular weight excluding hydrogens is 526 g/mol. The standard InChI is InChI=1S/C29H28ClNO4S2/c1-3-20-11-13-23(14-12-20)34-15-8-16-35-27-24(30)17-21(18-25(27)33-4-2)19-26-28(32)31(29(36)37-26)22-9-6-5-7-10-22/h5-7,9-14,17-19H,3-4,8,15-16H2,1-2H3. The summed E-state index contributed by atoms with van der Waals surface area (Å²) in [5.41, 5.74) is 2.75. The van der Waals surface area contributed by atoms with Crippen LogP contribution >= 0.6 is 35.6 Å². The molecule has 0 bridgehead atoms. The Balaban J connectivity index is 1.41. The summed E-state index contributed by atoms with van der Waals surface area (Å²) in [6.45, 7) is 5.41. The third-order valence-electron chi connectivity index (χ3n) is 5.57. The maximum Gasteiger partial charge on any atom is 0.270 e. The van der Waals surface area contributed by atoms with E-state index in [-0.39, 0.29) is 5.91 Å². The van der Waals surface area contributed by atoms with Crippen molar-refractivity contribution in [1.29, 1.82) is 0 Å². The number of nitrogens with zero attached hydrogens (tertiary/aromatic N) is 1. The van der Waals surface area contributed by atoms with Gasteiger partial charge in [0, 0.05) is 6.42 Å². The summed E-state index contributed by atoms with van der Waals surface area (Å²) in [4.78, 5) is 15.1. The Hall–Kier alpha value is -3.00. The number of para-hydroxylation sites is 1. The third kappa shape index (κ3) is 6.86. The first-order valence-electron chi connectivity index (χ1n) is 12.1. The number of ether oxygens (including phenoxy) is 3. The van der Waals surface area contributed by atoms with Gasteiger partial charge in [0.1, 0.15) is 5.75 Å². The van der Waals surface area contributed by atoms with E-state index in [0.717, 1.165) is 23.4 Å². The highest BCUT2D eigenvalue weighted by atomic mass is 35.5. The van der Waals surface area contributed by atoms with Crippen molar-refractivity contribution in [2.75, 3.05) is 24.7 Å². The maximum atomic E-state index is 13.1. The fourth-order valence-corrected chi connectivity index (χ4v) is 5.31. The number of aryl methyl sites for hydroxylation is 1. The minimum atomic E-state index is -0.167. The minimum Gasteiger partial charge on any atom is -0.493 e. The Morgan fingerprint density at radius 2 is 1.70 bits per heavy atom. The Morgan fingerprint density at radius 1 is 0.973 bits per heavy atom. The van der Waals surface area contributed by atoms with Gasteiger partial charge in [-0.25, -0.2) is 0 Å². The van der Waals surface area contributed by atoms with Crippen LogP contribution in [0.4, 0.5) is 5.69 Å². The van der Waals surface area contributed by atoms with E-state index in [4.69, 9.17) is 38.0 Å². The van der Waals surface area contributed by atoms with Gasteiger partial charge >= 0.3 is 0 Å². The van der Waals surface area contributed by atoms with E-state index in [9.17, 15) is 4.79 Å². The van der Waals surface area contributed by atoms with Crippen LogP contribution in [0.5, 0.6) is 17.2 Å². The highest BCUT2D eigenvalue weighted by molar-refractivity contribution is 8.27. The van der Waals surface area contributed by atoms with Crippen LogP contribution in [0, 0.1) is 0 Å². The SMILES string of the molecule is CCOc1cc(C=C2SC(=S)N(c3ccccc3)C2=O)cc(Cl)c1OCCCOc1ccc(CC)cc1. The fourth-order valence-electron chi connectivity index (χ4n) is 3.74. The molecule has 0 aliphatic carbocycles. The van der Waals surface area contributed by atoms with Gasteiger partial charge in [0.2, 0.25) is 0 Å². The number of thiocarbonyl (C=S) groups is 1. The molecule has 1 fully saturated rings. The number of hydrogen-bond donors (Lipinski definition) is 0. The molecule has 1 aliphatic heterocycles. The van der Waals surface area contributed by atoms with Crippen molar-refractivity contribution in [1.82, 2.24) is 0 Å². The largest absolute Gasteiger partial charge is 0.493 e. The zero-order chi connectivity index (χ0) is 26.2. The number of halogens is 1. The molecule has 8 heteroatoms. The lowest BCUT2D eigenvalue weighted by Crippen LogP contribution is -2.27. The molecule has 1 saturated heterocycles. The van der Waals surface area contributed by atoms with Gasteiger partial charge in [-0.15, -0.1) is 0 Å². The number of amides is 1. The molecular formula is C29H28ClNO4S2. The lowest BCUT2D eigenvalue weighted by molar-refractivity contribution is -0.113. The normalized spacial score (nSPS) is 14.4. The maximum absolute atomic E-state index is 13.1. The Kier molecular flexibility index (Phi) is 9.50. The molecule has 0 saturated carbocycles. The molecule has 1 heterocycles. The molecule has 0 aromatic heterocycles. The number of hydrogen-bond acceptors (Lipinski definition) is 6. The van der Waals surface area contributed by atoms with Gasteiger partial charge in [-0.2, -0.15) is 0 Å². The second kappa shape index (κ2) is 13.0. The van der Waals surface area contributed by atoms with Crippen LogP contribution in [-0.4, -0.2) is 30.0 Å². The van der Waals surface area contributed by atoms with E-state index in [0.29, 0.717) is 52.0 Å². The van der Waals surface area contributed by atoms with Crippen LogP contribution in [0.1, 0.15) is 31.4 Å². The molecule has 37 heavy (non-hydrogen) atoms. The lowest BCUT2D eigenvalue weighted by atomic mass is 10.1. The van der Waals surface area contributed by atoms with Crippen molar-refractivity contribution in [3.8, 4) is 17.2 Å². The average molecular weight is 554 g/mol. The van der Waals surface area contributed by atoms with Crippen molar-refractivity contribution in [2.45, 2.75) is 26.7 Å². The zero-order valence-corrected chi connectivity index (χ0v) is 23.1.